The Bertz CT molecular complexity index is 2030. The van der Waals surface area contributed by atoms with Crippen LogP contribution < -0.4 is 0 Å². The van der Waals surface area contributed by atoms with E-state index in [-0.39, 0.29) is 0 Å². The molecule has 36 heavy (non-hydrogen) atoms. The van der Waals surface area contributed by atoms with Gasteiger partial charge in [-0.15, -0.1) is 0 Å². The monoisotopic (exact) mass is 458 g/mol. The summed E-state index contributed by atoms with van der Waals surface area (Å²) in [6, 6.07) is 41.3. The number of nitriles is 2. The highest BCUT2D eigenvalue weighted by Crippen LogP contribution is 2.42. The third-order valence-corrected chi connectivity index (χ3v) is 6.98. The van der Waals surface area contributed by atoms with Crippen LogP contribution >= 0.6 is 0 Å². The topological polar surface area (TPSA) is 57.4 Å². The van der Waals surface area contributed by atoms with Crippen LogP contribution in [0.4, 0.5) is 0 Å². The molecule has 5 aromatic carbocycles. The van der Waals surface area contributed by atoms with E-state index < -0.39 is 0 Å². The number of hydrogen-bond donors (Lipinski definition) is 0. The van der Waals surface area contributed by atoms with Crippen molar-refractivity contribution < 1.29 is 0 Å². The Morgan fingerprint density at radius 1 is 0.444 bits per heavy atom. The van der Waals surface area contributed by atoms with E-state index in [4.69, 9.17) is 0 Å². The van der Waals surface area contributed by atoms with Crippen molar-refractivity contribution in [2.45, 2.75) is 0 Å². The van der Waals surface area contributed by atoms with Gasteiger partial charge in [0.1, 0.15) is 12.1 Å². The predicted molar refractivity (Wildman–Crippen MR) is 145 cm³/mol. The second-order valence-electron chi connectivity index (χ2n) is 8.82. The molecular weight excluding hydrogens is 440 g/mol. The molecule has 7 aromatic rings. The summed E-state index contributed by atoms with van der Waals surface area (Å²) in [5.74, 6) is 0. The first-order valence-corrected chi connectivity index (χ1v) is 11.8. The molecule has 4 nitrogen and oxygen atoms in total. The van der Waals surface area contributed by atoms with Crippen molar-refractivity contribution in [1.82, 2.24) is 9.13 Å². The molecule has 0 aliphatic carbocycles. The van der Waals surface area contributed by atoms with Crippen molar-refractivity contribution in [2.24, 2.45) is 0 Å². The molecule has 0 atom stereocenters. The Kier molecular flexibility index (Phi) is 4.24. The molecule has 2 aromatic heterocycles. The van der Waals surface area contributed by atoms with Crippen molar-refractivity contribution >= 4 is 43.6 Å². The number of hydrogen-bond acceptors (Lipinski definition) is 2. The molecule has 0 unspecified atom stereocenters. The fourth-order valence-corrected chi connectivity index (χ4v) is 5.54. The van der Waals surface area contributed by atoms with Crippen LogP contribution in [0, 0.1) is 22.7 Å². The van der Waals surface area contributed by atoms with Gasteiger partial charge >= 0.3 is 0 Å². The fourth-order valence-electron chi connectivity index (χ4n) is 5.54. The van der Waals surface area contributed by atoms with Crippen LogP contribution in [-0.4, -0.2) is 9.13 Å². The highest BCUT2D eigenvalue weighted by molar-refractivity contribution is 6.23. The van der Waals surface area contributed by atoms with Gasteiger partial charge in [0.15, 0.2) is 0 Å². The average Bonchev–Trinajstić information content (AvgIpc) is 3.46. The minimum Gasteiger partial charge on any atom is -0.307 e. The van der Waals surface area contributed by atoms with Crippen LogP contribution in [0.3, 0.4) is 0 Å². The summed E-state index contributed by atoms with van der Waals surface area (Å²) in [5, 5.41) is 24.6. The molecule has 0 aliphatic heterocycles. The zero-order chi connectivity index (χ0) is 24.2. The van der Waals surface area contributed by atoms with Gasteiger partial charge in [0.05, 0.1) is 38.9 Å². The molecule has 166 valence electrons. The standard InChI is InChI=1S/C32H18N4/c33-19-21-9-8-10-22(20-34)30(21)36-29-16-7-5-14-25(29)27-18-17-26-24-13-4-6-15-28(24)35(31(26)32(27)36)23-11-2-1-3-12-23/h1-18H. The minimum atomic E-state index is 0.469. The zero-order valence-corrected chi connectivity index (χ0v) is 19.2. The molecule has 4 heteroatoms. The summed E-state index contributed by atoms with van der Waals surface area (Å²) < 4.78 is 4.41. The second kappa shape index (κ2) is 7.60. The van der Waals surface area contributed by atoms with E-state index in [2.05, 4.69) is 81.9 Å². The Morgan fingerprint density at radius 3 is 1.53 bits per heavy atom. The van der Waals surface area contributed by atoms with Crippen LogP contribution in [0.1, 0.15) is 11.1 Å². The van der Waals surface area contributed by atoms with Crippen molar-refractivity contribution in [3.05, 3.63) is 120 Å². The maximum absolute atomic E-state index is 10.1. The highest BCUT2D eigenvalue weighted by Gasteiger charge is 2.23. The van der Waals surface area contributed by atoms with Crippen LogP contribution in [0.25, 0.3) is 55.0 Å². The van der Waals surface area contributed by atoms with E-state index in [1.165, 1.54) is 0 Å². The summed E-state index contributed by atoms with van der Waals surface area (Å²) >= 11 is 0. The second-order valence-corrected chi connectivity index (χ2v) is 8.82. The smallest absolute Gasteiger partial charge is 0.101 e. The van der Waals surface area contributed by atoms with E-state index in [0.29, 0.717) is 16.8 Å². The zero-order valence-electron chi connectivity index (χ0n) is 19.2. The lowest BCUT2D eigenvalue weighted by molar-refractivity contribution is 1.14. The third-order valence-electron chi connectivity index (χ3n) is 6.98. The first-order valence-electron chi connectivity index (χ1n) is 11.8. The molecule has 0 amide bonds. The van der Waals surface area contributed by atoms with E-state index >= 15 is 0 Å². The Balaban J connectivity index is 1.83. The molecule has 7 rings (SSSR count). The van der Waals surface area contributed by atoms with Gasteiger partial charge in [0.25, 0.3) is 0 Å². The van der Waals surface area contributed by atoms with Gasteiger partial charge in [-0.25, -0.2) is 0 Å². The quantitative estimate of drug-likeness (QED) is 0.267. The summed E-state index contributed by atoms with van der Waals surface area (Å²) in [5.41, 5.74) is 6.71. The van der Waals surface area contributed by atoms with Gasteiger partial charge in [-0.05, 0) is 36.4 Å². The fraction of sp³-hybridized carbons (Fsp3) is 0. The number of para-hydroxylation sites is 4. The molecule has 0 spiro atoms. The number of benzene rings is 5. The third kappa shape index (κ3) is 2.61. The Labute approximate surface area is 207 Å². The maximum atomic E-state index is 10.1. The van der Waals surface area contributed by atoms with Gasteiger partial charge in [-0.1, -0.05) is 72.8 Å². The molecule has 0 fully saturated rings. The van der Waals surface area contributed by atoms with Gasteiger partial charge in [0, 0.05) is 27.2 Å². The molecule has 0 radical (unpaired) electrons. The molecule has 0 saturated heterocycles. The normalized spacial score (nSPS) is 11.3. The van der Waals surface area contributed by atoms with Gasteiger partial charge < -0.3 is 9.13 Å². The number of fused-ring (bicyclic) bond motifs is 7. The summed E-state index contributed by atoms with van der Waals surface area (Å²) in [6.45, 7) is 0. The molecule has 0 N–H and O–H groups in total. The molecular formula is C32H18N4. The summed E-state index contributed by atoms with van der Waals surface area (Å²) in [7, 11) is 0. The van der Waals surface area contributed by atoms with Gasteiger partial charge in [-0.3, -0.25) is 0 Å². The van der Waals surface area contributed by atoms with Crippen molar-refractivity contribution in [2.75, 3.05) is 0 Å². The van der Waals surface area contributed by atoms with Gasteiger partial charge in [-0.2, -0.15) is 10.5 Å². The molecule has 0 aliphatic rings. The van der Waals surface area contributed by atoms with Crippen molar-refractivity contribution in [1.29, 1.82) is 10.5 Å². The maximum Gasteiger partial charge on any atom is 0.101 e. The SMILES string of the molecule is N#Cc1cccc(C#N)c1-n1c2ccccc2c2ccc3c4ccccc4n(-c4ccccc4)c3c21. The predicted octanol–water partition coefficient (Wildman–Crippen LogP) is 7.62. The number of nitrogens with zero attached hydrogens (tertiary/aromatic N) is 4. The van der Waals surface area contributed by atoms with E-state index in [9.17, 15) is 10.5 Å². The van der Waals surface area contributed by atoms with Crippen LogP contribution in [0.5, 0.6) is 0 Å². The van der Waals surface area contributed by atoms with E-state index in [1.54, 1.807) is 18.2 Å². The number of aromatic nitrogens is 2. The lowest BCUT2D eigenvalue weighted by atomic mass is 10.1. The largest absolute Gasteiger partial charge is 0.307 e. The van der Waals surface area contributed by atoms with E-state index in [1.807, 2.05) is 30.3 Å². The first kappa shape index (κ1) is 20.1. The highest BCUT2D eigenvalue weighted by atomic mass is 15.0. The number of rotatable bonds is 2. The van der Waals surface area contributed by atoms with Crippen molar-refractivity contribution in [3.8, 4) is 23.5 Å². The Morgan fingerprint density at radius 2 is 0.944 bits per heavy atom. The van der Waals surface area contributed by atoms with Crippen LogP contribution in [0.15, 0.2) is 109 Å². The molecule has 2 heterocycles. The summed E-state index contributed by atoms with van der Waals surface area (Å²) in [4.78, 5) is 0. The van der Waals surface area contributed by atoms with E-state index in [0.717, 1.165) is 49.3 Å². The van der Waals surface area contributed by atoms with Crippen LogP contribution in [0.2, 0.25) is 0 Å². The molecule has 0 saturated carbocycles. The minimum absolute atomic E-state index is 0.469. The Hall–Kier alpha value is -5.32. The lowest BCUT2D eigenvalue weighted by Crippen LogP contribution is -2.03. The van der Waals surface area contributed by atoms with Gasteiger partial charge in [0.2, 0.25) is 0 Å². The summed E-state index contributed by atoms with van der Waals surface area (Å²) in [6.07, 6.45) is 0. The van der Waals surface area contributed by atoms with Crippen molar-refractivity contribution in [3.63, 3.8) is 0 Å². The molecule has 0 bridgehead atoms. The average molecular weight is 459 g/mol. The van der Waals surface area contributed by atoms with Crippen LogP contribution in [-0.2, 0) is 0 Å². The first-order chi connectivity index (χ1) is 17.8. The lowest BCUT2D eigenvalue weighted by Gasteiger charge is -2.14.